The molecule has 0 amide bonds. The van der Waals surface area contributed by atoms with E-state index in [1.54, 1.807) is 0 Å². The van der Waals surface area contributed by atoms with Crippen molar-refractivity contribution in [1.82, 2.24) is 0 Å². The number of fused-ring (bicyclic) bond motifs is 5. The van der Waals surface area contributed by atoms with E-state index in [4.69, 9.17) is 16.0 Å². The van der Waals surface area contributed by atoms with Crippen LogP contribution in [0.5, 0.6) is 0 Å². The molecule has 1 aliphatic rings. The first-order chi connectivity index (χ1) is 8.84. The zero-order valence-electron chi connectivity index (χ0n) is 9.53. The summed E-state index contributed by atoms with van der Waals surface area (Å²) in [5.74, 6) is 0.833. The third-order valence-electron chi connectivity index (χ3n) is 3.35. The van der Waals surface area contributed by atoms with E-state index < -0.39 is 0 Å². The van der Waals surface area contributed by atoms with Gasteiger partial charge < -0.3 is 9.73 Å². The average molecular weight is 256 g/mol. The zero-order valence-corrected chi connectivity index (χ0v) is 10.3. The quantitative estimate of drug-likeness (QED) is 0.631. The molecule has 2 aromatic carbocycles. The molecule has 4 rings (SSSR count). The van der Waals surface area contributed by atoms with Gasteiger partial charge in [0, 0.05) is 22.9 Å². The van der Waals surface area contributed by atoms with Crippen LogP contribution >= 0.6 is 11.6 Å². The minimum Gasteiger partial charge on any atom is -0.439 e. The molecule has 2 nitrogen and oxygen atoms in total. The molecular weight excluding hydrogens is 246 g/mol. The number of hydrogen-bond acceptors (Lipinski definition) is 2. The van der Waals surface area contributed by atoms with E-state index in [0.717, 1.165) is 44.8 Å². The lowest BCUT2D eigenvalue weighted by molar-refractivity contribution is 0.631. The monoisotopic (exact) mass is 255 g/mol. The highest BCUT2D eigenvalue weighted by Crippen LogP contribution is 2.39. The summed E-state index contributed by atoms with van der Waals surface area (Å²) in [4.78, 5) is 0. The Labute approximate surface area is 109 Å². The largest absolute Gasteiger partial charge is 0.439 e. The molecule has 0 aliphatic carbocycles. The van der Waals surface area contributed by atoms with E-state index in [0.29, 0.717) is 0 Å². The summed E-state index contributed by atoms with van der Waals surface area (Å²) in [7, 11) is 0. The molecule has 0 saturated heterocycles. The van der Waals surface area contributed by atoms with Crippen LogP contribution < -0.4 is 5.32 Å². The van der Waals surface area contributed by atoms with Crippen LogP contribution in [0, 0.1) is 0 Å². The predicted molar refractivity (Wildman–Crippen MR) is 76.3 cm³/mol. The summed E-state index contributed by atoms with van der Waals surface area (Å²) in [5, 5.41) is 7.16. The molecule has 3 aromatic rings. The Morgan fingerprint density at radius 3 is 3.06 bits per heavy atom. The number of anilines is 1. The van der Waals surface area contributed by atoms with Gasteiger partial charge in [0.2, 0.25) is 5.88 Å². The van der Waals surface area contributed by atoms with Gasteiger partial charge in [-0.1, -0.05) is 42.0 Å². The van der Waals surface area contributed by atoms with Crippen molar-refractivity contribution in [3.05, 3.63) is 47.0 Å². The predicted octanol–water partition coefficient (Wildman–Crippen LogP) is 4.68. The fourth-order valence-electron chi connectivity index (χ4n) is 2.53. The first kappa shape index (κ1) is 10.0. The Balaban J connectivity index is 2.23. The van der Waals surface area contributed by atoms with Crippen LogP contribution in [0.25, 0.3) is 27.8 Å². The highest BCUT2D eigenvalue weighted by Gasteiger charge is 2.16. The molecule has 0 fully saturated rings. The van der Waals surface area contributed by atoms with Gasteiger partial charge in [-0.15, -0.1) is 0 Å². The minimum atomic E-state index is 0.730. The van der Waals surface area contributed by atoms with Crippen LogP contribution in [0.3, 0.4) is 0 Å². The van der Waals surface area contributed by atoms with Gasteiger partial charge in [-0.25, -0.2) is 0 Å². The zero-order chi connectivity index (χ0) is 12.1. The summed E-state index contributed by atoms with van der Waals surface area (Å²) in [6.07, 6.45) is 4.19. The number of rotatable bonds is 0. The first-order valence-electron chi connectivity index (χ1n) is 5.89. The SMILES string of the molecule is Clc1cccc2ccc3c4c(oc3c12)NCC=C4. The van der Waals surface area contributed by atoms with Crippen LogP contribution in [0.4, 0.5) is 5.88 Å². The molecule has 0 unspecified atom stereocenters. The topological polar surface area (TPSA) is 25.2 Å². The number of benzene rings is 2. The molecular formula is C15H10ClNO. The van der Waals surface area contributed by atoms with E-state index in [1.807, 2.05) is 18.2 Å². The second-order valence-electron chi connectivity index (χ2n) is 4.41. The van der Waals surface area contributed by atoms with E-state index in [9.17, 15) is 0 Å². The summed E-state index contributed by atoms with van der Waals surface area (Å²) >= 11 is 6.30. The summed E-state index contributed by atoms with van der Waals surface area (Å²) in [6, 6.07) is 10.1. The minimum absolute atomic E-state index is 0.730. The molecule has 0 atom stereocenters. The van der Waals surface area contributed by atoms with E-state index in [-0.39, 0.29) is 0 Å². The lowest BCUT2D eigenvalue weighted by Crippen LogP contribution is -2.01. The van der Waals surface area contributed by atoms with Gasteiger partial charge in [0.15, 0.2) is 0 Å². The smallest absolute Gasteiger partial charge is 0.201 e. The Morgan fingerprint density at radius 1 is 1.17 bits per heavy atom. The summed E-state index contributed by atoms with van der Waals surface area (Å²) in [6.45, 7) is 0.804. The first-order valence-corrected chi connectivity index (χ1v) is 6.26. The maximum Gasteiger partial charge on any atom is 0.201 e. The van der Waals surface area contributed by atoms with Gasteiger partial charge in [-0.2, -0.15) is 0 Å². The standard InChI is InChI=1S/C15H10ClNO/c16-12-5-1-3-9-6-7-10-11-4-2-8-17-15(11)18-14(10)13(9)12/h1-7,17H,8H2. The Hall–Kier alpha value is -1.93. The third-order valence-corrected chi connectivity index (χ3v) is 3.67. The van der Waals surface area contributed by atoms with Crippen molar-refractivity contribution in [3.63, 3.8) is 0 Å². The Bertz CT molecular complexity index is 801. The van der Waals surface area contributed by atoms with Crippen molar-refractivity contribution in [1.29, 1.82) is 0 Å². The molecule has 0 saturated carbocycles. The van der Waals surface area contributed by atoms with Crippen LogP contribution in [-0.4, -0.2) is 6.54 Å². The molecule has 2 heterocycles. The van der Waals surface area contributed by atoms with E-state index >= 15 is 0 Å². The maximum atomic E-state index is 6.30. The lowest BCUT2D eigenvalue weighted by atomic mass is 10.0. The molecule has 18 heavy (non-hydrogen) atoms. The molecule has 0 radical (unpaired) electrons. The van der Waals surface area contributed by atoms with Gasteiger partial charge >= 0.3 is 0 Å². The Kier molecular flexibility index (Phi) is 1.97. The van der Waals surface area contributed by atoms with E-state index in [1.165, 1.54) is 0 Å². The van der Waals surface area contributed by atoms with Gasteiger partial charge in [-0.3, -0.25) is 0 Å². The highest BCUT2D eigenvalue weighted by molar-refractivity contribution is 6.37. The van der Waals surface area contributed by atoms with Crippen molar-refractivity contribution < 1.29 is 4.42 Å². The van der Waals surface area contributed by atoms with Crippen molar-refractivity contribution >= 4 is 45.3 Å². The molecule has 0 spiro atoms. The Morgan fingerprint density at radius 2 is 2.11 bits per heavy atom. The van der Waals surface area contributed by atoms with Crippen molar-refractivity contribution in [2.45, 2.75) is 0 Å². The van der Waals surface area contributed by atoms with Crippen LogP contribution in [0.1, 0.15) is 5.56 Å². The third kappa shape index (κ3) is 1.24. The van der Waals surface area contributed by atoms with Crippen molar-refractivity contribution in [2.75, 3.05) is 11.9 Å². The van der Waals surface area contributed by atoms with Gasteiger partial charge in [-0.05, 0) is 17.5 Å². The van der Waals surface area contributed by atoms with Gasteiger partial charge in [0.05, 0.1) is 5.02 Å². The second kappa shape index (κ2) is 3.53. The van der Waals surface area contributed by atoms with E-state index in [2.05, 4.69) is 29.6 Å². The maximum absolute atomic E-state index is 6.30. The average Bonchev–Trinajstić information content (AvgIpc) is 2.77. The fourth-order valence-corrected chi connectivity index (χ4v) is 2.79. The number of nitrogens with one attached hydrogen (secondary N) is 1. The number of furan rings is 1. The van der Waals surface area contributed by atoms with Crippen molar-refractivity contribution in [2.24, 2.45) is 0 Å². The van der Waals surface area contributed by atoms with Gasteiger partial charge in [0.1, 0.15) is 5.58 Å². The molecule has 1 aromatic heterocycles. The normalized spacial score (nSPS) is 13.8. The summed E-state index contributed by atoms with van der Waals surface area (Å²) in [5.41, 5.74) is 1.97. The fraction of sp³-hybridized carbons (Fsp3) is 0.0667. The van der Waals surface area contributed by atoms with Crippen LogP contribution in [0.2, 0.25) is 5.02 Å². The molecule has 0 bridgehead atoms. The van der Waals surface area contributed by atoms with Crippen molar-refractivity contribution in [3.8, 4) is 0 Å². The molecule has 3 heteroatoms. The number of hydrogen-bond donors (Lipinski definition) is 1. The molecule has 1 N–H and O–H groups in total. The highest BCUT2D eigenvalue weighted by atomic mass is 35.5. The van der Waals surface area contributed by atoms with Crippen LogP contribution in [-0.2, 0) is 0 Å². The second-order valence-corrected chi connectivity index (χ2v) is 4.82. The molecule has 1 aliphatic heterocycles. The van der Waals surface area contributed by atoms with Gasteiger partial charge in [0.25, 0.3) is 0 Å². The summed E-state index contributed by atoms with van der Waals surface area (Å²) < 4.78 is 5.94. The molecule has 88 valence electrons. The lowest BCUT2D eigenvalue weighted by Gasteiger charge is -2.04. The number of halogens is 1. The van der Waals surface area contributed by atoms with Crippen LogP contribution in [0.15, 0.2) is 40.8 Å².